The normalized spacial score (nSPS) is 10.5. The van der Waals surface area contributed by atoms with E-state index in [1.807, 2.05) is 0 Å². The van der Waals surface area contributed by atoms with Crippen LogP contribution in [-0.4, -0.2) is 11.7 Å². The Morgan fingerprint density at radius 3 is 2.64 bits per heavy atom. The van der Waals surface area contributed by atoms with Crippen molar-refractivity contribution in [3.63, 3.8) is 0 Å². The van der Waals surface area contributed by atoms with Gasteiger partial charge in [0.2, 0.25) is 0 Å². The van der Waals surface area contributed by atoms with Crippen molar-refractivity contribution in [3.8, 4) is 5.75 Å². The van der Waals surface area contributed by atoms with E-state index in [0.717, 1.165) is 24.8 Å². The summed E-state index contributed by atoms with van der Waals surface area (Å²) in [7, 11) is 0. The molecular weight excluding hydrogens is 205 g/mol. The second kappa shape index (κ2) is 5.17. The molecule has 1 rings (SSSR count). The van der Waals surface area contributed by atoms with Crippen LogP contribution in [0, 0.1) is 5.82 Å². The third-order valence-electron chi connectivity index (χ3n) is 2.00. The lowest BCUT2D eigenvalue weighted by atomic mass is 10.1. The molecule has 14 heavy (non-hydrogen) atoms. The number of benzene rings is 1. The van der Waals surface area contributed by atoms with Gasteiger partial charge in [0, 0.05) is 0 Å². The van der Waals surface area contributed by atoms with E-state index in [1.165, 1.54) is 6.07 Å². The first-order valence-electron chi connectivity index (χ1n) is 4.52. The van der Waals surface area contributed by atoms with Crippen LogP contribution in [0.1, 0.15) is 18.4 Å². The van der Waals surface area contributed by atoms with Gasteiger partial charge in [-0.05, 0) is 43.5 Å². The second-order valence-corrected chi connectivity index (χ2v) is 3.56. The number of hydrogen-bond donors (Lipinski definition) is 2. The fourth-order valence-electron chi connectivity index (χ4n) is 1.24. The van der Waals surface area contributed by atoms with Crippen LogP contribution in [0.3, 0.4) is 0 Å². The number of nitrogens with two attached hydrogens (primary N) is 1. The highest BCUT2D eigenvalue weighted by molar-refractivity contribution is 6.32. The Kier molecular flexibility index (Phi) is 4.17. The van der Waals surface area contributed by atoms with E-state index in [2.05, 4.69) is 0 Å². The highest BCUT2D eigenvalue weighted by Crippen LogP contribution is 2.28. The van der Waals surface area contributed by atoms with Crippen LogP contribution in [0.5, 0.6) is 5.75 Å². The summed E-state index contributed by atoms with van der Waals surface area (Å²) in [6, 6.07) is 2.88. The van der Waals surface area contributed by atoms with E-state index < -0.39 is 11.6 Å². The van der Waals surface area contributed by atoms with E-state index in [9.17, 15) is 4.39 Å². The first-order chi connectivity index (χ1) is 6.65. The van der Waals surface area contributed by atoms with E-state index in [1.54, 1.807) is 6.07 Å². The molecule has 0 heterocycles. The zero-order chi connectivity index (χ0) is 10.6. The lowest BCUT2D eigenvalue weighted by Gasteiger charge is -2.04. The molecule has 0 fully saturated rings. The van der Waals surface area contributed by atoms with E-state index in [0.29, 0.717) is 6.54 Å². The van der Waals surface area contributed by atoms with E-state index >= 15 is 0 Å². The zero-order valence-corrected chi connectivity index (χ0v) is 8.52. The predicted octanol–water partition coefficient (Wildman–Crippen LogP) is 2.47. The lowest BCUT2D eigenvalue weighted by Crippen LogP contribution is -1.99. The molecule has 1 aromatic carbocycles. The molecule has 4 heteroatoms. The highest BCUT2D eigenvalue weighted by Gasteiger charge is 2.07. The number of aromatic hydroxyl groups is 1. The molecule has 1 aromatic rings. The third-order valence-corrected chi connectivity index (χ3v) is 2.28. The molecule has 0 aliphatic rings. The van der Waals surface area contributed by atoms with Crippen LogP contribution in [0.25, 0.3) is 0 Å². The smallest absolute Gasteiger partial charge is 0.170 e. The Morgan fingerprint density at radius 2 is 2.07 bits per heavy atom. The van der Waals surface area contributed by atoms with Gasteiger partial charge in [0.05, 0.1) is 5.02 Å². The molecular formula is C10H13ClFNO. The topological polar surface area (TPSA) is 46.2 Å². The summed E-state index contributed by atoms with van der Waals surface area (Å²) in [6.45, 7) is 0.633. The third kappa shape index (κ3) is 2.86. The number of aryl methyl sites for hydroxylation is 1. The molecule has 78 valence electrons. The van der Waals surface area contributed by atoms with Crippen molar-refractivity contribution < 1.29 is 9.50 Å². The monoisotopic (exact) mass is 217 g/mol. The van der Waals surface area contributed by atoms with Crippen LogP contribution >= 0.6 is 11.6 Å². The Hall–Kier alpha value is -0.800. The van der Waals surface area contributed by atoms with Crippen LogP contribution in [-0.2, 0) is 6.42 Å². The van der Waals surface area contributed by atoms with Crippen LogP contribution in [0.4, 0.5) is 4.39 Å². The van der Waals surface area contributed by atoms with Crippen molar-refractivity contribution in [2.75, 3.05) is 6.54 Å². The number of rotatable bonds is 4. The molecule has 0 aliphatic heterocycles. The maximum Gasteiger partial charge on any atom is 0.170 e. The number of phenolic OH excluding ortho intramolecular Hbond substituents is 1. The molecule has 0 unspecified atom stereocenters. The SMILES string of the molecule is NCCCCc1cc(F)c(O)c(Cl)c1. The zero-order valence-electron chi connectivity index (χ0n) is 7.76. The van der Waals surface area contributed by atoms with Crippen molar-refractivity contribution >= 4 is 11.6 Å². The van der Waals surface area contributed by atoms with Gasteiger partial charge in [-0.2, -0.15) is 0 Å². The number of unbranched alkanes of at least 4 members (excludes halogenated alkanes) is 1. The van der Waals surface area contributed by atoms with Gasteiger partial charge >= 0.3 is 0 Å². The molecule has 0 atom stereocenters. The van der Waals surface area contributed by atoms with E-state index in [-0.39, 0.29) is 5.02 Å². The van der Waals surface area contributed by atoms with Crippen molar-refractivity contribution in [1.29, 1.82) is 0 Å². The van der Waals surface area contributed by atoms with Gasteiger partial charge in [-0.3, -0.25) is 0 Å². The van der Waals surface area contributed by atoms with Gasteiger partial charge in [0.1, 0.15) is 0 Å². The highest BCUT2D eigenvalue weighted by atomic mass is 35.5. The number of phenols is 1. The summed E-state index contributed by atoms with van der Waals surface area (Å²) in [6.07, 6.45) is 2.53. The molecule has 3 N–H and O–H groups in total. The number of halogens is 2. The van der Waals surface area contributed by atoms with Gasteiger partial charge in [-0.1, -0.05) is 11.6 Å². The maximum absolute atomic E-state index is 13.0. The Balaban J connectivity index is 2.69. The maximum atomic E-state index is 13.0. The molecule has 2 nitrogen and oxygen atoms in total. The first-order valence-corrected chi connectivity index (χ1v) is 4.90. The van der Waals surface area contributed by atoms with Gasteiger partial charge in [0.25, 0.3) is 0 Å². The summed E-state index contributed by atoms with van der Waals surface area (Å²) in [5, 5.41) is 9.14. The molecule has 0 bridgehead atoms. The van der Waals surface area contributed by atoms with Gasteiger partial charge < -0.3 is 10.8 Å². The molecule has 0 radical (unpaired) electrons. The molecule has 0 amide bonds. The minimum Gasteiger partial charge on any atom is -0.504 e. The number of hydrogen-bond acceptors (Lipinski definition) is 2. The van der Waals surface area contributed by atoms with Gasteiger partial charge in [-0.15, -0.1) is 0 Å². The van der Waals surface area contributed by atoms with Crippen molar-refractivity contribution in [3.05, 3.63) is 28.5 Å². The molecule has 0 aromatic heterocycles. The van der Waals surface area contributed by atoms with Crippen molar-refractivity contribution in [2.45, 2.75) is 19.3 Å². The van der Waals surface area contributed by atoms with Crippen molar-refractivity contribution in [1.82, 2.24) is 0 Å². The average molecular weight is 218 g/mol. The molecule has 0 aliphatic carbocycles. The summed E-state index contributed by atoms with van der Waals surface area (Å²) in [4.78, 5) is 0. The minimum absolute atomic E-state index is 0.0627. The summed E-state index contributed by atoms with van der Waals surface area (Å²) in [5.74, 6) is -1.14. The largest absolute Gasteiger partial charge is 0.504 e. The minimum atomic E-state index is -0.666. The van der Waals surface area contributed by atoms with Crippen LogP contribution in [0.15, 0.2) is 12.1 Å². The lowest BCUT2D eigenvalue weighted by molar-refractivity contribution is 0.432. The van der Waals surface area contributed by atoms with Crippen molar-refractivity contribution in [2.24, 2.45) is 5.73 Å². The standard InChI is InChI=1S/C10H13ClFNO/c11-8-5-7(3-1-2-4-13)6-9(12)10(8)14/h5-6,14H,1-4,13H2. The molecule has 0 saturated carbocycles. The van der Waals surface area contributed by atoms with Gasteiger partial charge in [-0.25, -0.2) is 4.39 Å². The Labute approximate surface area is 87.5 Å². The summed E-state index contributed by atoms with van der Waals surface area (Å²) < 4.78 is 13.0. The second-order valence-electron chi connectivity index (χ2n) is 3.15. The van der Waals surface area contributed by atoms with E-state index in [4.69, 9.17) is 22.4 Å². The summed E-state index contributed by atoms with van der Waals surface area (Å²) in [5.41, 5.74) is 6.13. The molecule has 0 saturated heterocycles. The Bertz CT molecular complexity index is 294. The summed E-state index contributed by atoms with van der Waals surface area (Å²) >= 11 is 5.62. The fraction of sp³-hybridized carbons (Fsp3) is 0.400. The predicted molar refractivity (Wildman–Crippen MR) is 55.1 cm³/mol. The molecule has 0 spiro atoms. The Morgan fingerprint density at radius 1 is 1.36 bits per heavy atom. The van der Waals surface area contributed by atoms with Gasteiger partial charge in [0.15, 0.2) is 11.6 Å². The van der Waals surface area contributed by atoms with Crippen LogP contribution in [0.2, 0.25) is 5.02 Å². The quantitative estimate of drug-likeness (QED) is 0.762. The first kappa shape index (κ1) is 11.3. The average Bonchev–Trinajstić information content (AvgIpc) is 2.14. The van der Waals surface area contributed by atoms with Crippen LogP contribution < -0.4 is 5.73 Å². The fourth-order valence-corrected chi connectivity index (χ4v) is 1.47.